The van der Waals surface area contributed by atoms with Crippen LogP contribution in [0.1, 0.15) is 32.3 Å². The lowest BCUT2D eigenvalue weighted by Gasteiger charge is -2.21. The Morgan fingerprint density at radius 3 is 2.65 bits per heavy atom. The monoisotopic (exact) mass is 274 g/mol. The van der Waals surface area contributed by atoms with Gasteiger partial charge in [-0.15, -0.1) is 0 Å². The Kier molecular flexibility index (Phi) is 4.50. The fourth-order valence-electron chi connectivity index (χ4n) is 2.16. The molecule has 1 aromatic carbocycles. The van der Waals surface area contributed by atoms with Gasteiger partial charge in [-0.3, -0.25) is 4.79 Å². The van der Waals surface area contributed by atoms with Crippen LogP contribution >= 0.6 is 0 Å². The highest BCUT2D eigenvalue weighted by Crippen LogP contribution is 2.19. The van der Waals surface area contributed by atoms with Crippen molar-refractivity contribution >= 4 is 17.6 Å². The van der Waals surface area contributed by atoms with Crippen LogP contribution in [0, 0.1) is 0 Å². The van der Waals surface area contributed by atoms with Crippen molar-refractivity contribution in [3.05, 3.63) is 35.9 Å². The molecule has 1 amide bonds. The van der Waals surface area contributed by atoms with Gasteiger partial charge in [-0.25, -0.2) is 9.80 Å². The molecular weight excluding hydrogens is 256 g/mol. The number of hydrogen-bond acceptors (Lipinski definition) is 4. The fourth-order valence-corrected chi connectivity index (χ4v) is 2.16. The van der Waals surface area contributed by atoms with E-state index in [2.05, 4.69) is 5.10 Å². The van der Waals surface area contributed by atoms with Crippen molar-refractivity contribution in [1.29, 1.82) is 0 Å². The fraction of sp³-hybridized carbons (Fsp3) is 0.400. The van der Waals surface area contributed by atoms with Crippen LogP contribution < -0.4 is 0 Å². The van der Waals surface area contributed by atoms with Crippen molar-refractivity contribution in [2.45, 2.75) is 32.7 Å². The molecule has 5 heteroatoms. The molecule has 0 N–H and O–H groups in total. The zero-order valence-electron chi connectivity index (χ0n) is 11.7. The number of hydrogen-bond donors (Lipinski definition) is 0. The van der Waals surface area contributed by atoms with Crippen molar-refractivity contribution in [1.82, 2.24) is 5.01 Å². The summed E-state index contributed by atoms with van der Waals surface area (Å²) in [5.41, 5.74) is 1.60. The maximum atomic E-state index is 12.1. The summed E-state index contributed by atoms with van der Waals surface area (Å²) in [6.45, 7) is 3.88. The zero-order chi connectivity index (χ0) is 14.5. The van der Waals surface area contributed by atoms with Crippen molar-refractivity contribution < 1.29 is 14.3 Å². The predicted octanol–water partition coefficient (Wildman–Crippen LogP) is 1.96. The average Bonchev–Trinajstić information content (AvgIpc) is 2.83. The highest BCUT2D eigenvalue weighted by Gasteiger charge is 2.34. The minimum absolute atomic E-state index is 0.163. The number of rotatable bonds is 5. The summed E-state index contributed by atoms with van der Waals surface area (Å²) < 4.78 is 4.99. The molecule has 1 aromatic rings. The average molecular weight is 274 g/mol. The van der Waals surface area contributed by atoms with Gasteiger partial charge in [0.15, 0.2) is 6.04 Å². The molecule has 1 aliphatic heterocycles. The molecule has 0 fully saturated rings. The van der Waals surface area contributed by atoms with E-state index in [4.69, 9.17) is 4.74 Å². The van der Waals surface area contributed by atoms with Crippen LogP contribution in [0.3, 0.4) is 0 Å². The lowest BCUT2D eigenvalue weighted by molar-refractivity contribution is -0.154. The van der Waals surface area contributed by atoms with Gasteiger partial charge in [0.2, 0.25) is 5.91 Å². The Bertz CT molecular complexity index is 525. The van der Waals surface area contributed by atoms with Crippen molar-refractivity contribution in [3.63, 3.8) is 0 Å². The lowest BCUT2D eigenvalue weighted by Crippen LogP contribution is -2.40. The molecule has 1 aliphatic rings. The summed E-state index contributed by atoms with van der Waals surface area (Å²) in [6, 6.07) is 8.87. The van der Waals surface area contributed by atoms with Crippen molar-refractivity contribution in [3.8, 4) is 0 Å². The first-order valence-corrected chi connectivity index (χ1v) is 6.79. The lowest BCUT2D eigenvalue weighted by atomic mass is 10.1. The minimum Gasteiger partial charge on any atom is -0.464 e. The molecule has 1 atom stereocenters. The number of carbonyl (C=O) groups is 2. The van der Waals surface area contributed by atoms with Gasteiger partial charge in [-0.2, -0.15) is 5.10 Å². The first kappa shape index (κ1) is 14.2. The first-order valence-electron chi connectivity index (χ1n) is 6.79. The molecule has 0 spiro atoms. The van der Waals surface area contributed by atoms with Crippen LogP contribution in [0.4, 0.5) is 0 Å². The van der Waals surface area contributed by atoms with E-state index in [-0.39, 0.29) is 12.3 Å². The molecule has 106 valence electrons. The van der Waals surface area contributed by atoms with E-state index < -0.39 is 12.0 Å². The molecule has 20 heavy (non-hydrogen) atoms. The highest BCUT2D eigenvalue weighted by atomic mass is 16.5. The van der Waals surface area contributed by atoms with Gasteiger partial charge in [0.25, 0.3) is 0 Å². The highest BCUT2D eigenvalue weighted by molar-refractivity contribution is 6.14. The van der Waals surface area contributed by atoms with E-state index in [1.54, 1.807) is 6.92 Å². The molecule has 0 saturated carbocycles. The third-order valence-electron chi connectivity index (χ3n) is 3.15. The molecule has 1 unspecified atom stereocenters. The molecule has 2 rings (SSSR count). The number of amides is 1. The topological polar surface area (TPSA) is 59.0 Å². The second-order valence-electron chi connectivity index (χ2n) is 4.50. The van der Waals surface area contributed by atoms with Gasteiger partial charge >= 0.3 is 5.97 Å². The van der Waals surface area contributed by atoms with Gasteiger partial charge in [-0.1, -0.05) is 37.3 Å². The molecule has 0 radical (unpaired) electrons. The van der Waals surface area contributed by atoms with E-state index in [0.717, 1.165) is 5.56 Å². The summed E-state index contributed by atoms with van der Waals surface area (Å²) in [6.07, 6.45) is 0.704. The number of nitrogens with zero attached hydrogens (tertiary/aromatic N) is 2. The van der Waals surface area contributed by atoms with E-state index >= 15 is 0 Å². The largest absolute Gasteiger partial charge is 0.464 e. The SMILES string of the molecule is CCOC(=O)C(CC)N1N=C(c2ccccc2)CC1=O. The molecular formula is C15H18N2O3. The van der Waals surface area contributed by atoms with Gasteiger partial charge in [-0.05, 0) is 18.9 Å². The van der Waals surface area contributed by atoms with Crippen LogP contribution in [0.25, 0.3) is 0 Å². The molecule has 0 saturated heterocycles. The number of ether oxygens (including phenoxy) is 1. The van der Waals surface area contributed by atoms with E-state index in [1.165, 1.54) is 5.01 Å². The number of benzene rings is 1. The Labute approximate surface area is 118 Å². The quantitative estimate of drug-likeness (QED) is 0.771. The number of esters is 1. The summed E-state index contributed by atoms with van der Waals surface area (Å²) in [7, 11) is 0. The van der Waals surface area contributed by atoms with Gasteiger partial charge in [0, 0.05) is 0 Å². The summed E-state index contributed by atoms with van der Waals surface area (Å²) in [4.78, 5) is 23.9. The molecule has 1 heterocycles. The number of carbonyl (C=O) groups excluding carboxylic acids is 2. The van der Waals surface area contributed by atoms with Gasteiger partial charge in [0.05, 0.1) is 18.7 Å². The normalized spacial score (nSPS) is 16.0. The Hall–Kier alpha value is -2.17. The summed E-state index contributed by atoms with van der Waals surface area (Å²) in [5.74, 6) is -0.565. The molecule has 0 bridgehead atoms. The summed E-state index contributed by atoms with van der Waals surface area (Å²) in [5, 5.41) is 5.58. The summed E-state index contributed by atoms with van der Waals surface area (Å²) >= 11 is 0. The third kappa shape index (κ3) is 2.87. The van der Waals surface area contributed by atoms with Crippen molar-refractivity contribution in [2.75, 3.05) is 6.61 Å². The predicted molar refractivity (Wildman–Crippen MR) is 75.2 cm³/mol. The Morgan fingerprint density at radius 2 is 2.05 bits per heavy atom. The van der Waals surface area contributed by atoms with Gasteiger partial charge in [0.1, 0.15) is 0 Å². The smallest absolute Gasteiger partial charge is 0.331 e. The van der Waals surface area contributed by atoms with Crippen molar-refractivity contribution in [2.24, 2.45) is 5.10 Å². The molecule has 0 aliphatic carbocycles. The van der Waals surface area contributed by atoms with E-state index in [1.807, 2.05) is 37.3 Å². The van der Waals surface area contributed by atoms with Crippen LogP contribution in [0.2, 0.25) is 0 Å². The third-order valence-corrected chi connectivity index (χ3v) is 3.15. The van der Waals surface area contributed by atoms with E-state index in [0.29, 0.717) is 18.7 Å². The van der Waals surface area contributed by atoms with Crippen LogP contribution in [-0.2, 0) is 14.3 Å². The molecule has 5 nitrogen and oxygen atoms in total. The minimum atomic E-state index is -0.635. The Balaban J connectivity index is 2.21. The first-order chi connectivity index (χ1) is 9.67. The second-order valence-corrected chi connectivity index (χ2v) is 4.50. The standard InChI is InChI=1S/C15H18N2O3/c1-3-13(15(19)20-4-2)17-14(18)10-12(16-17)11-8-6-5-7-9-11/h5-9,13H,3-4,10H2,1-2H3. The molecule has 0 aromatic heterocycles. The van der Waals surface area contributed by atoms with Crippen LogP contribution in [0.5, 0.6) is 0 Å². The van der Waals surface area contributed by atoms with Crippen LogP contribution in [-0.4, -0.2) is 35.2 Å². The van der Waals surface area contributed by atoms with Gasteiger partial charge < -0.3 is 4.74 Å². The second kappa shape index (κ2) is 6.32. The Morgan fingerprint density at radius 1 is 1.35 bits per heavy atom. The van der Waals surface area contributed by atoms with E-state index in [9.17, 15) is 9.59 Å². The van der Waals surface area contributed by atoms with Crippen LogP contribution in [0.15, 0.2) is 35.4 Å². The maximum Gasteiger partial charge on any atom is 0.331 e. The zero-order valence-corrected chi connectivity index (χ0v) is 11.7. The maximum absolute atomic E-state index is 12.1. The number of hydrazone groups is 1.